The number of carboxylic acid groups (broad SMARTS) is 1. The number of terminal acetylenes is 1. The van der Waals surface area contributed by atoms with E-state index in [-0.39, 0.29) is 6.54 Å². The zero-order valence-electron chi connectivity index (χ0n) is 8.99. The standard InChI is InChI=1S/C11H19NO2/c1-4-6-10(3)8-12(7-5-2)9-11(13)14/h2,10H,4,6-9H2,1,3H3,(H,13,14). The largest absolute Gasteiger partial charge is 0.480 e. The first-order valence-electron chi connectivity index (χ1n) is 4.97. The topological polar surface area (TPSA) is 40.5 Å². The van der Waals surface area contributed by atoms with Crippen LogP contribution < -0.4 is 0 Å². The zero-order valence-corrected chi connectivity index (χ0v) is 8.99. The number of nitrogens with zero attached hydrogens (tertiary/aromatic N) is 1. The van der Waals surface area contributed by atoms with Crippen LogP contribution >= 0.6 is 0 Å². The van der Waals surface area contributed by atoms with Gasteiger partial charge in [-0.2, -0.15) is 0 Å². The molecule has 0 aromatic carbocycles. The molecule has 0 aliphatic rings. The molecular formula is C11H19NO2. The molecule has 0 aliphatic heterocycles. The summed E-state index contributed by atoms with van der Waals surface area (Å²) in [6.45, 7) is 5.47. The van der Waals surface area contributed by atoms with Gasteiger partial charge < -0.3 is 5.11 Å². The number of hydrogen-bond acceptors (Lipinski definition) is 2. The number of carboxylic acids is 1. The van der Waals surface area contributed by atoms with E-state index in [4.69, 9.17) is 11.5 Å². The van der Waals surface area contributed by atoms with Crippen LogP contribution in [0, 0.1) is 18.3 Å². The van der Waals surface area contributed by atoms with Gasteiger partial charge in [0.25, 0.3) is 0 Å². The monoisotopic (exact) mass is 197 g/mol. The zero-order chi connectivity index (χ0) is 11.0. The summed E-state index contributed by atoms with van der Waals surface area (Å²) in [6, 6.07) is 0. The van der Waals surface area contributed by atoms with Crippen molar-refractivity contribution < 1.29 is 9.90 Å². The van der Waals surface area contributed by atoms with Gasteiger partial charge in [-0.05, 0) is 12.3 Å². The van der Waals surface area contributed by atoms with Crippen LogP contribution in [0.4, 0.5) is 0 Å². The van der Waals surface area contributed by atoms with Crippen LogP contribution in [0.3, 0.4) is 0 Å². The SMILES string of the molecule is C#CCN(CC(=O)O)CC(C)CCC. The normalized spacial score (nSPS) is 12.4. The molecule has 0 aliphatic carbocycles. The summed E-state index contributed by atoms with van der Waals surface area (Å²) >= 11 is 0. The Morgan fingerprint density at radius 3 is 2.71 bits per heavy atom. The molecule has 0 saturated carbocycles. The van der Waals surface area contributed by atoms with Crippen molar-refractivity contribution >= 4 is 5.97 Å². The molecule has 0 spiro atoms. The van der Waals surface area contributed by atoms with Gasteiger partial charge in [0.05, 0.1) is 13.1 Å². The number of carbonyl (C=O) groups is 1. The van der Waals surface area contributed by atoms with Crippen molar-refractivity contribution in [1.29, 1.82) is 0 Å². The molecule has 0 rings (SSSR count). The predicted octanol–water partition coefficient (Wildman–Crippen LogP) is 1.44. The van der Waals surface area contributed by atoms with Gasteiger partial charge in [-0.1, -0.05) is 26.2 Å². The molecular weight excluding hydrogens is 178 g/mol. The average Bonchev–Trinajstić information content (AvgIpc) is 2.03. The fourth-order valence-corrected chi connectivity index (χ4v) is 1.53. The number of hydrogen-bond donors (Lipinski definition) is 1. The first kappa shape index (κ1) is 13.0. The second-order valence-corrected chi connectivity index (χ2v) is 3.66. The van der Waals surface area contributed by atoms with Crippen LogP contribution in [0.2, 0.25) is 0 Å². The van der Waals surface area contributed by atoms with E-state index in [1.165, 1.54) is 0 Å². The van der Waals surface area contributed by atoms with Crippen molar-refractivity contribution in [3.05, 3.63) is 0 Å². The van der Waals surface area contributed by atoms with E-state index >= 15 is 0 Å². The fraction of sp³-hybridized carbons (Fsp3) is 0.727. The Balaban J connectivity index is 3.95. The molecule has 0 radical (unpaired) electrons. The van der Waals surface area contributed by atoms with Gasteiger partial charge in [0.1, 0.15) is 0 Å². The predicted molar refractivity (Wildman–Crippen MR) is 57.0 cm³/mol. The van der Waals surface area contributed by atoms with Gasteiger partial charge >= 0.3 is 5.97 Å². The molecule has 0 aromatic heterocycles. The Bertz CT molecular complexity index is 208. The summed E-state index contributed by atoms with van der Waals surface area (Å²) < 4.78 is 0. The van der Waals surface area contributed by atoms with Gasteiger partial charge in [-0.3, -0.25) is 9.69 Å². The van der Waals surface area contributed by atoms with Crippen LogP contribution in [0.1, 0.15) is 26.7 Å². The lowest BCUT2D eigenvalue weighted by molar-refractivity contribution is -0.138. The lowest BCUT2D eigenvalue weighted by Gasteiger charge is -2.21. The third kappa shape index (κ3) is 6.50. The smallest absolute Gasteiger partial charge is 0.317 e. The lowest BCUT2D eigenvalue weighted by Crippen LogP contribution is -2.33. The number of rotatable bonds is 7. The molecule has 0 heterocycles. The molecule has 0 amide bonds. The molecule has 1 atom stereocenters. The third-order valence-corrected chi connectivity index (χ3v) is 2.03. The van der Waals surface area contributed by atoms with Crippen molar-refractivity contribution in [2.24, 2.45) is 5.92 Å². The Labute approximate surface area is 86.1 Å². The van der Waals surface area contributed by atoms with E-state index in [1.54, 1.807) is 4.90 Å². The van der Waals surface area contributed by atoms with Crippen molar-refractivity contribution in [3.8, 4) is 12.3 Å². The summed E-state index contributed by atoms with van der Waals surface area (Å²) in [4.78, 5) is 12.3. The van der Waals surface area contributed by atoms with Crippen LogP contribution in [-0.4, -0.2) is 35.6 Å². The highest BCUT2D eigenvalue weighted by Gasteiger charge is 2.11. The third-order valence-electron chi connectivity index (χ3n) is 2.03. The Hall–Kier alpha value is -1.01. The van der Waals surface area contributed by atoms with Crippen LogP contribution in [0.5, 0.6) is 0 Å². The minimum absolute atomic E-state index is 0.0399. The van der Waals surface area contributed by atoms with Gasteiger partial charge in [-0.15, -0.1) is 6.42 Å². The summed E-state index contributed by atoms with van der Waals surface area (Å²) in [5, 5.41) is 8.64. The van der Waals surface area contributed by atoms with E-state index < -0.39 is 5.97 Å². The molecule has 0 aromatic rings. The minimum Gasteiger partial charge on any atom is -0.480 e. The minimum atomic E-state index is -0.816. The maximum Gasteiger partial charge on any atom is 0.317 e. The van der Waals surface area contributed by atoms with Gasteiger partial charge in [0.2, 0.25) is 0 Å². The highest BCUT2D eigenvalue weighted by molar-refractivity contribution is 5.69. The molecule has 80 valence electrons. The summed E-state index contributed by atoms with van der Waals surface area (Å²) in [6.07, 6.45) is 7.41. The molecule has 1 unspecified atom stereocenters. The molecule has 14 heavy (non-hydrogen) atoms. The quantitative estimate of drug-likeness (QED) is 0.628. The Kier molecular flexibility index (Phi) is 6.87. The molecule has 0 bridgehead atoms. The highest BCUT2D eigenvalue weighted by Crippen LogP contribution is 2.06. The highest BCUT2D eigenvalue weighted by atomic mass is 16.4. The van der Waals surface area contributed by atoms with E-state index in [0.29, 0.717) is 12.5 Å². The first-order chi connectivity index (χ1) is 6.60. The average molecular weight is 197 g/mol. The van der Waals surface area contributed by atoms with E-state index in [9.17, 15) is 4.79 Å². The van der Waals surface area contributed by atoms with Crippen molar-refractivity contribution in [2.45, 2.75) is 26.7 Å². The van der Waals surface area contributed by atoms with Crippen molar-refractivity contribution in [3.63, 3.8) is 0 Å². The molecule has 0 saturated heterocycles. The van der Waals surface area contributed by atoms with Crippen LogP contribution in [-0.2, 0) is 4.79 Å². The van der Waals surface area contributed by atoms with E-state index in [2.05, 4.69) is 19.8 Å². The van der Waals surface area contributed by atoms with Gasteiger partial charge in [0.15, 0.2) is 0 Å². The molecule has 1 N–H and O–H groups in total. The maximum absolute atomic E-state index is 10.5. The summed E-state index contributed by atoms with van der Waals surface area (Å²) in [5.41, 5.74) is 0. The van der Waals surface area contributed by atoms with Gasteiger partial charge in [0, 0.05) is 6.54 Å². The molecule has 0 fully saturated rings. The first-order valence-corrected chi connectivity index (χ1v) is 4.97. The lowest BCUT2D eigenvalue weighted by atomic mass is 10.1. The van der Waals surface area contributed by atoms with Crippen molar-refractivity contribution in [2.75, 3.05) is 19.6 Å². The van der Waals surface area contributed by atoms with E-state index in [0.717, 1.165) is 19.4 Å². The maximum atomic E-state index is 10.5. The van der Waals surface area contributed by atoms with E-state index in [1.807, 2.05) is 0 Å². The molecule has 3 heteroatoms. The van der Waals surface area contributed by atoms with Crippen LogP contribution in [0.25, 0.3) is 0 Å². The Morgan fingerprint density at radius 1 is 1.64 bits per heavy atom. The summed E-state index contributed by atoms with van der Waals surface area (Å²) in [7, 11) is 0. The van der Waals surface area contributed by atoms with Gasteiger partial charge in [-0.25, -0.2) is 0 Å². The van der Waals surface area contributed by atoms with Crippen molar-refractivity contribution in [1.82, 2.24) is 4.90 Å². The Morgan fingerprint density at radius 2 is 2.29 bits per heavy atom. The van der Waals surface area contributed by atoms with Crippen LogP contribution in [0.15, 0.2) is 0 Å². The number of aliphatic carboxylic acids is 1. The summed E-state index contributed by atoms with van der Waals surface area (Å²) in [5.74, 6) is 2.17. The second kappa shape index (κ2) is 7.40. The molecule has 3 nitrogen and oxygen atoms in total. The fourth-order valence-electron chi connectivity index (χ4n) is 1.53. The second-order valence-electron chi connectivity index (χ2n) is 3.66.